The third-order valence-electron chi connectivity index (χ3n) is 4.59. The lowest BCUT2D eigenvalue weighted by molar-refractivity contribution is -0.174. The first-order valence-electron chi connectivity index (χ1n) is 9.73. The van der Waals surface area contributed by atoms with Gasteiger partial charge in [0.15, 0.2) is 6.61 Å². The molecule has 0 aromatic heterocycles. The van der Waals surface area contributed by atoms with Gasteiger partial charge in [0.1, 0.15) is 12.4 Å². The molecule has 1 heterocycles. The summed E-state index contributed by atoms with van der Waals surface area (Å²) >= 11 is 0. The standard InChI is InChI=1S/C20H27F3N2O4/c1-2-16(24-18(26)9-12-28-14-20(21,22)23)15-7-3-4-8-17(15)29-13-19(27)25-10-5-6-11-25/h3-4,7-8,16H,2,5-6,9-14H2,1H3,(H,24,26). The van der Waals surface area contributed by atoms with Crippen LogP contribution in [0.2, 0.25) is 0 Å². The number of carbonyl (C=O) groups excluding carboxylic acids is 2. The molecule has 1 aromatic rings. The number of halogens is 3. The van der Waals surface area contributed by atoms with Crippen LogP contribution >= 0.6 is 0 Å². The quantitative estimate of drug-likeness (QED) is 0.595. The van der Waals surface area contributed by atoms with E-state index in [1.807, 2.05) is 6.92 Å². The van der Waals surface area contributed by atoms with Gasteiger partial charge in [-0.1, -0.05) is 25.1 Å². The SMILES string of the molecule is CCC(NC(=O)CCOCC(F)(F)F)c1ccccc1OCC(=O)N1CCCC1. The summed E-state index contributed by atoms with van der Waals surface area (Å²) < 4.78 is 46.4. The molecule has 0 aliphatic carbocycles. The van der Waals surface area contributed by atoms with Crippen molar-refractivity contribution in [2.75, 3.05) is 32.9 Å². The summed E-state index contributed by atoms with van der Waals surface area (Å²) in [6, 6.07) is 6.71. The highest BCUT2D eigenvalue weighted by Gasteiger charge is 2.27. The molecule has 1 fully saturated rings. The molecule has 29 heavy (non-hydrogen) atoms. The topological polar surface area (TPSA) is 67.9 Å². The van der Waals surface area contributed by atoms with Crippen molar-refractivity contribution >= 4 is 11.8 Å². The molecule has 162 valence electrons. The third kappa shape index (κ3) is 7.92. The Morgan fingerprint density at radius 3 is 2.55 bits per heavy atom. The molecule has 1 aliphatic heterocycles. The summed E-state index contributed by atoms with van der Waals surface area (Å²) in [6.45, 7) is 1.59. The second kappa shape index (κ2) is 11.0. The van der Waals surface area contributed by atoms with Gasteiger partial charge in [0.25, 0.3) is 5.91 Å². The van der Waals surface area contributed by atoms with E-state index in [2.05, 4.69) is 10.1 Å². The van der Waals surface area contributed by atoms with E-state index in [9.17, 15) is 22.8 Å². The molecule has 1 aliphatic rings. The molecular formula is C20H27F3N2O4. The van der Waals surface area contributed by atoms with Crippen LogP contribution in [0.15, 0.2) is 24.3 Å². The first kappa shape index (κ1) is 23.0. The van der Waals surface area contributed by atoms with Gasteiger partial charge in [0.05, 0.1) is 12.6 Å². The monoisotopic (exact) mass is 416 g/mol. The van der Waals surface area contributed by atoms with E-state index in [0.717, 1.165) is 25.9 Å². The van der Waals surface area contributed by atoms with Crippen molar-refractivity contribution in [3.05, 3.63) is 29.8 Å². The maximum atomic E-state index is 12.2. The molecule has 2 rings (SSSR count). The van der Waals surface area contributed by atoms with Crippen LogP contribution in [-0.4, -0.2) is 55.8 Å². The van der Waals surface area contributed by atoms with Crippen LogP contribution in [0.3, 0.4) is 0 Å². The Kier molecular flexibility index (Phi) is 8.75. The minimum Gasteiger partial charge on any atom is -0.483 e. The summed E-state index contributed by atoms with van der Waals surface area (Å²) in [4.78, 5) is 26.1. The van der Waals surface area contributed by atoms with E-state index >= 15 is 0 Å². The number of nitrogens with one attached hydrogen (secondary N) is 1. The van der Waals surface area contributed by atoms with E-state index in [1.54, 1.807) is 29.2 Å². The van der Waals surface area contributed by atoms with Crippen LogP contribution in [0.4, 0.5) is 13.2 Å². The van der Waals surface area contributed by atoms with Gasteiger partial charge in [-0.05, 0) is 25.3 Å². The van der Waals surface area contributed by atoms with Crippen molar-refractivity contribution in [2.45, 2.75) is 44.8 Å². The smallest absolute Gasteiger partial charge is 0.411 e. The number of carbonyl (C=O) groups is 2. The summed E-state index contributed by atoms with van der Waals surface area (Å²) in [7, 11) is 0. The lowest BCUT2D eigenvalue weighted by atomic mass is 10.0. The Bertz CT molecular complexity index is 676. The van der Waals surface area contributed by atoms with E-state index in [0.29, 0.717) is 17.7 Å². The lowest BCUT2D eigenvalue weighted by Gasteiger charge is -2.22. The van der Waals surface area contributed by atoms with Crippen molar-refractivity contribution in [2.24, 2.45) is 0 Å². The van der Waals surface area contributed by atoms with Gasteiger partial charge in [-0.25, -0.2) is 0 Å². The van der Waals surface area contributed by atoms with E-state index < -0.39 is 18.7 Å². The Morgan fingerprint density at radius 1 is 1.21 bits per heavy atom. The minimum absolute atomic E-state index is 0.0730. The molecule has 6 nitrogen and oxygen atoms in total. The Hall–Kier alpha value is -2.29. The highest BCUT2D eigenvalue weighted by Crippen LogP contribution is 2.27. The second-order valence-electron chi connectivity index (χ2n) is 6.86. The summed E-state index contributed by atoms with van der Waals surface area (Å²) in [5, 5.41) is 2.79. The Balaban J connectivity index is 1.89. The molecule has 1 saturated heterocycles. The lowest BCUT2D eigenvalue weighted by Crippen LogP contribution is -2.33. The number of rotatable bonds is 10. The summed E-state index contributed by atoms with van der Waals surface area (Å²) in [6.07, 6.45) is -2.04. The van der Waals surface area contributed by atoms with Crippen LogP contribution in [0.25, 0.3) is 0 Å². The second-order valence-corrected chi connectivity index (χ2v) is 6.86. The molecule has 0 spiro atoms. The first-order valence-corrected chi connectivity index (χ1v) is 9.73. The molecule has 9 heteroatoms. The van der Waals surface area contributed by atoms with E-state index in [4.69, 9.17) is 4.74 Å². The molecule has 0 saturated carbocycles. The van der Waals surface area contributed by atoms with Gasteiger partial charge >= 0.3 is 6.18 Å². The number of alkyl halides is 3. The molecule has 1 unspecified atom stereocenters. The molecular weight excluding hydrogens is 389 g/mol. The van der Waals surface area contributed by atoms with Gasteiger partial charge in [-0.2, -0.15) is 13.2 Å². The molecule has 1 N–H and O–H groups in total. The zero-order valence-corrected chi connectivity index (χ0v) is 16.5. The number of nitrogens with zero attached hydrogens (tertiary/aromatic N) is 1. The average molecular weight is 416 g/mol. The highest BCUT2D eigenvalue weighted by molar-refractivity contribution is 5.78. The number of likely N-dealkylation sites (tertiary alicyclic amines) is 1. The summed E-state index contributed by atoms with van der Waals surface area (Å²) in [5.41, 5.74) is 0.716. The summed E-state index contributed by atoms with van der Waals surface area (Å²) in [5.74, 6) is 0.0127. The minimum atomic E-state index is -4.41. The number of hydrogen-bond donors (Lipinski definition) is 1. The zero-order valence-electron chi connectivity index (χ0n) is 16.5. The molecule has 0 bridgehead atoms. The predicted octanol–water partition coefficient (Wildman–Crippen LogP) is 3.22. The Labute approximate surface area is 168 Å². The average Bonchev–Trinajstić information content (AvgIpc) is 3.22. The van der Waals surface area contributed by atoms with Crippen LogP contribution < -0.4 is 10.1 Å². The zero-order chi connectivity index (χ0) is 21.3. The fourth-order valence-electron chi connectivity index (χ4n) is 3.12. The van der Waals surface area contributed by atoms with Crippen molar-refractivity contribution in [3.8, 4) is 5.75 Å². The van der Waals surface area contributed by atoms with Crippen LogP contribution in [-0.2, 0) is 14.3 Å². The van der Waals surface area contributed by atoms with E-state index in [-0.39, 0.29) is 31.6 Å². The van der Waals surface area contributed by atoms with Gasteiger partial charge in [-0.15, -0.1) is 0 Å². The van der Waals surface area contributed by atoms with Crippen LogP contribution in [0.5, 0.6) is 5.75 Å². The fraction of sp³-hybridized carbons (Fsp3) is 0.600. The number of benzene rings is 1. The highest BCUT2D eigenvalue weighted by atomic mass is 19.4. The van der Waals surface area contributed by atoms with Crippen LogP contribution in [0.1, 0.15) is 44.2 Å². The van der Waals surface area contributed by atoms with Crippen molar-refractivity contribution < 1.29 is 32.2 Å². The Morgan fingerprint density at radius 2 is 1.90 bits per heavy atom. The number of amides is 2. The van der Waals surface area contributed by atoms with Crippen LogP contribution in [0, 0.1) is 0 Å². The van der Waals surface area contributed by atoms with Crippen molar-refractivity contribution in [1.29, 1.82) is 0 Å². The molecule has 2 amide bonds. The van der Waals surface area contributed by atoms with Crippen molar-refractivity contribution in [1.82, 2.24) is 10.2 Å². The molecule has 0 radical (unpaired) electrons. The normalized spacial score (nSPS) is 15.2. The number of ether oxygens (including phenoxy) is 2. The van der Waals surface area contributed by atoms with Gasteiger partial charge < -0.3 is 19.7 Å². The first-order chi connectivity index (χ1) is 13.8. The number of para-hydroxylation sites is 1. The van der Waals surface area contributed by atoms with Crippen molar-refractivity contribution in [3.63, 3.8) is 0 Å². The largest absolute Gasteiger partial charge is 0.483 e. The third-order valence-corrected chi connectivity index (χ3v) is 4.59. The maximum Gasteiger partial charge on any atom is 0.411 e. The fourth-order valence-corrected chi connectivity index (χ4v) is 3.12. The van der Waals surface area contributed by atoms with Gasteiger partial charge in [0, 0.05) is 25.1 Å². The molecule has 1 atom stereocenters. The van der Waals surface area contributed by atoms with Gasteiger partial charge in [0.2, 0.25) is 5.91 Å². The molecule has 1 aromatic carbocycles. The van der Waals surface area contributed by atoms with E-state index in [1.165, 1.54) is 0 Å². The van der Waals surface area contributed by atoms with Gasteiger partial charge in [-0.3, -0.25) is 9.59 Å². The maximum absolute atomic E-state index is 12.2. The predicted molar refractivity (Wildman–Crippen MR) is 100 cm³/mol. The number of hydrogen-bond acceptors (Lipinski definition) is 4.